The van der Waals surface area contributed by atoms with Gasteiger partial charge < -0.3 is 19.5 Å². The zero-order valence-corrected chi connectivity index (χ0v) is 19.2. The molecule has 0 unspecified atom stereocenters. The van der Waals surface area contributed by atoms with E-state index in [4.69, 9.17) is 9.72 Å². The molecule has 32 heavy (non-hydrogen) atoms. The first kappa shape index (κ1) is 22.6. The van der Waals surface area contributed by atoms with Crippen molar-refractivity contribution in [3.8, 4) is 5.75 Å². The molecule has 170 valence electrons. The highest BCUT2D eigenvalue weighted by Crippen LogP contribution is 2.36. The molecule has 0 bridgehead atoms. The van der Waals surface area contributed by atoms with Crippen molar-refractivity contribution in [2.24, 2.45) is 0 Å². The number of fused-ring (bicyclic) bond motifs is 1. The molecule has 10 heteroatoms. The van der Waals surface area contributed by atoms with Gasteiger partial charge >= 0.3 is 12.1 Å². The Labute approximate surface area is 191 Å². The minimum atomic E-state index is -5.09. The highest BCUT2D eigenvalue weighted by atomic mass is 79.9. The molecule has 0 aliphatic carbocycles. The SMILES string of the molecule is Cc1cc2c(nc(N3CCNCC3)n2Cc2cccc(Br)c2)c(OC(=O)C(F)(F)F)c1C. The summed E-state index contributed by atoms with van der Waals surface area (Å²) in [5.41, 5.74) is 3.03. The van der Waals surface area contributed by atoms with E-state index < -0.39 is 12.1 Å². The monoisotopic (exact) mass is 510 g/mol. The number of ether oxygens (including phenoxy) is 1. The van der Waals surface area contributed by atoms with Crippen LogP contribution in [0.3, 0.4) is 0 Å². The third-order valence-corrected chi connectivity index (χ3v) is 6.04. The van der Waals surface area contributed by atoms with E-state index in [2.05, 4.69) is 26.1 Å². The molecular weight excluding hydrogens is 489 g/mol. The van der Waals surface area contributed by atoms with E-state index in [0.717, 1.165) is 23.1 Å². The summed E-state index contributed by atoms with van der Waals surface area (Å²) in [5, 5.41) is 3.29. The number of hydrogen-bond donors (Lipinski definition) is 1. The molecule has 0 amide bonds. The van der Waals surface area contributed by atoms with E-state index in [-0.39, 0.29) is 11.3 Å². The van der Waals surface area contributed by atoms with Crippen LogP contribution in [0.1, 0.15) is 16.7 Å². The third kappa shape index (κ3) is 4.47. The molecule has 1 saturated heterocycles. The van der Waals surface area contributed by atoms with Crippen LogP contribution in [0.4, 0.5) is 19.1 Å². The zero-order valence-electron chi connectivity index (χ0n) is 17.6. The molecule has 1 N–H and O–H groups in total. The van der Waals surface area contributed by atoms with E-state index in [1.165, 1.54) is 0 Å². The standard InChI is InChI=1S/C22H22BrF3N4O2/c1-13-10-17-18(19(14(13)2)32-20(31)22(24,25)26)28-21(29-8-6-27-7-9-29)30(17)12-15-4-3-5-16(23)11-15/h3-5,10-11,27H,6-9,12H2,1-2H3. The minimum absolute atomic E-state index is 0.147. The molecule has 4 rings (SSSR count). The fourth-order valence-corrected chi connectivity index (χ4v) is 4.24. The van der Waals surface area contributed by atoms with Crippen molar-refractivity contribution in [1.29, 1.82) is 0 Å². The molecule has 0 spiro atoms. The van der Waals surface area contributed by atoms with Crippen LogP contribution >= 0.6 is 15.9 Å². The molecule has 1 aromatic heterocycles. The predicted molar refractivity (Wildman–Crippen MR) is 119 cm³/mol. The highest BCUT2D eigenvalue weighted by Gasteiger charge is 2.42. The van der Waals surface area contributed by atoms with Crippen LogP contribution in [0, 0.1) is 13.8 Å². The number of benzene rings is 2. The lowest BCUT2D eigenvalue weighted by Gasteiger charge is -2.29. The Hall–Kier alpha value is -2.59. The van der Waals surface area contributed by atoms with E-state index in [0.29, 0.717) is 42.2 Å². The maximum atomic E-state index is 12.9. The van der Waals surface area contributed by atoms with Crippen molar-refractivity contribution in [3.05, 3.63) is 51.5 Å². The molecule has 0 saturated carbocycles. The van der Waals surface area contributed by atoms with E-state index in [1.807, 2.05) is 34.9 Å². The average Bonchev–Trinajstić information content (AvgIpc) is 3.09. The number of imidazole rings is 1. The zero-order chi connectivity index (χ0) is 23.0. The van der Waals surface area contributed by atoms with Crippen molar-refractivity contribution in [2.45, 2.75) is 26.6 Å². The second-order valence-corrected chi connectivity index (χ2v) is 8.68. The lowest BCUT2D eigenvalue weighted by atomic mass is 10.1. The Morgan fingerprint density at radius 1 is 1.22 bits per heavy atom. The molecule has 0 radical (unpaired) electrons. The smallest absolute Gasteiger partial charge is 0.417 e. The fourth-order valence-electron chi connectivity index (χ4n) is 3.79. The maximum absolute atomic E-state index is 12.9. The number of aryl methyl sites for hydroxylation is 1. The number of halogens is 4. The van der Waals surface area contributed by atoms with Gasteiger partial charge in [0, 0.05) is 30.7 Å². The van der Waals surface area contributed by atoms with Crippen LogP contribution in [-0.2, 0) is 11.3 Å². The highest BCUT2D eigenvalue weighted by molar-refractivity contribution is 9.10. The number of nitrogens with zero attached hydrogens (tertiary/aromatic N) is 3. The Morgan fingerprint density at radius 2 is 1.94 bits per heavy atom. The van der Waals surface area contributed by atoms with Gasteiger partial charge in [-0.3, -0.25) is 0 Å². The lowest BCUT2D eigenvalue weighted by molar-refractivity contribution is -0.189. The number of carbonyl (C=O) groups excluding carboxylic acids is 1. The summed E-state index contributed by atoms with van der Waals surface area (Å²) in [5.74, 6) is -1.76. The average molecular weight is 511 g/mol. The van der Waals surface area contributed by atoms with Crippen LogP contribution in [-0.4, -0.2) is 47.9 Å². The quantitative estimate of drug-likeness (QED) is 0.417. The number of esters is 1. The second-order valence-electron chi connectivity index (χ2n) is 7.77. The van der Waals surface area contributed by atoms with Gasteiger partial charge in [0.2, 0.25) is 5.95 Å². The predicted octanol–water partition coefficient (Wildman–Crippen LogP) is 4.34. The Balaban J connectivity index is 1.90. The normalized spacial score (nSPS) is 14.8. The number of anilines is 1. The van der Waals surface area contributed by atoms with Gasteiger partial charge in [0.15, 0.2) is 5.75 Å². The van der Waals surface area contributed by atoms with Gasteiger partial charge in [-0.25, -0.2) is 9.78 Å². The number of hydrogen-bond acceptors (Lipinski definition) is 5. The number of rotatable bonds is 4. The number of piperazine rings is 1. The molecule has 0 atom stereocenters. The van der Waals surface area contributed by atoms with Gasteiger partial charge in [-0.1, -0.05) is 28.1 Å². The molecule has 1 aliphatic rings. The van der Waals surface area contributed by atoms with E-state index in [9.17, 15) is 18.0 Å². The fraction of sp³-hybridized carbons (Fsp3) is 0.364. The van der Waals surface area contributed by atoms with Crippen molar-refractivity contribution >= 4 is 38.9 Å². The molecule has 1 aliphatic heterocycles. The van der Waals surface area contributed by atoms with Gasteiger partial charge in [0.25, 0.3) is 0 Å². The molecule has 1 fully saturated rings. The number of nitrogens with one attached hydrogen (secondary N) is 1. The topological polar surface area (TPSA) is 59.4 Å². The van der Waals surface area contributed by atoms with E-state index in [1.54, 1.807) is 13.8 Å². The Morgan fingerprint density at radius 3 is 2.59 bits per heavy atom. The molecule has 6 nitrogen and oxygen atoms in total. The summed E-state index contributed by atoms with van der Waals surface area (Å²) in [6.07, 6.45) is -5.09. The third-order valence-electron chi connectivity index (χ3n) is 5.54. The summed E-state index contributed by atoms with van der Waals surface area (Å²) < 4.78 is 46.6. The number of carbonyl (C=O) groups is 1. The molecule has 2 aromatic carbocycles. The van der Waals surface area contributed by atoms with Gasteiger partial charge in [-0.2, -0.15) is 13.2 Å². The van der Waals surface area contributed by atoms with Gasteiger partial charge in [0.05, 0.1) is 12.1 Å². The van der Waals surface area contributed by atoms with Crippen LogP contribution in [0.5, 0.6) is 5.75 Å². The summed E-state index contributed by atoms with van der Waals surface area (Å²) in [4.78, 5) is 18.4. The second kappa shape index (κ2) is 8.74. The van der Waals surface area contributed by atoms with Gasteiger partial charge in [-0.05, 0) is 48.7 Å². The largest absolute Gasteiger partial charge is 0.491 e. The van der Waals surface area contributed by atoms with Gasteiger partial charge in [-0.15, -0.1) is 0 Å². The summed E-state index contributed by atoms with van der Waals surface area (Å²) in [6, 6.07) is 9.69. The Kier molecular flexibility index (Phi) is 6.17. The van der Waals surface area contributed by atoms with Crippen LogP contribution in [0.15, 0.2) is 34.8 Å². The molecule has 2 heterocycles. The van der Waals surface area contributed by atoms with E-state index >= 15 is 0 Å². The van der Waals surface area contributed by atoms with Crippen molar-refractivity contribution in [2.75, 3.05) is 31.1 Å². The molecular formula is C22H22BrF3N4O2. The summed E-state index contributed by atoms with van der Waals surface area (Å²) in [7, 11) is 0. The van der Waals surface area contributed by atoms with Crippen LogP contribution < -0.4 is 15.0 Å². The summed E-state index contributed by atoms with van der Waals surface area (Å²) >= 11 is 3.48. The van der Waals surface area contributed by atoms with Crippen molar-refractivity contribution < 1.29 is 22.7 Å². The Bertz CT molecular complexity index is 1170. The van der Waals surface area contributed by atoms with Crippen LogP contribution in [0.2, 0.25) is 0 Å². The lowest BCUT2D eigenvalue weighted by Crippen LogP contribution is -2.44. The maximum Gasteiger partial charge on any atom is 0.491 e. The summed E-state index contributed by atoms with van der Waals surface area (Å²) in [6.45, 7) is 6.83. The number of alkyl halides is 3. The van der Waals surface area contributed by atoms with Crippen LogP contribution in [0.25, 0.3) is 11.0 Å². The molecule has 3 aromatic rings. The van der Waals surface area contributed by atoms with Gasteiger partial charge in [0.1, 0.15) is 5.52 Å². The number of aromatic nitrogens is 2. The first-order chi connectivity index (χ1) is 15.1. The first-order valence-corrected chi connectivity index (χ1v) is 10.9. The minimum Gasteiger partial charge on any atom is -0.417 e. The first-order valence-electron chi connectivity index (χ1n) is 10.1. The van der Waals surface area contributed by atoms with Crippen molar-refractivity contribution in [1.82, 2.24) is 14.9 Å². The van der Waals surface area contributed by atoms with Crippen molar-refractivity contribution in [3.63, 3.8) is 0 Å².